The summed E-state index contributed by atoms with van der Waals surface area (Å²) in [7, 11) is 0. The van der Waals surface area contributed by atoms with Gasteiger partial charge in [-0.05, 0) is 0 Å². The maximum absolute atomic E-state index is 2.34. The van der Waals surface area contributed by atoms with Crippen molar-refractivity contribution in [1.82, 2.24) is 0 Å². The number of hydrogen-bond acceptors (Lipinski definition) is 0. The second-order valence-corrected chi connectivity index (χ2v) is 6.80. The molecule has 0 saturated carbocycles. The Labute approximate surface area is 79.0 Å². The average Bonchev–Trinajstić information content (AvgIpc) is 1.91. The molecule has 0 aromatic rings. The van der Waals surface area contributed by atoms with Gasteiger partial charge in [0.05, 0.1) is 0 Å². The number of unbranched alkanes of at least 4 members (excludes halogenated alkanes) is 4. The zero-order chi connectivity index (χ0) is 8.24. The van der Waals surface area contributed by atoms with E-state index >= 15 is 0 Å². The molecule has 0 atom stereocenters. The van der Waals surface area contributed by atoms with Gasteiger partial charge in [-0.2, -0.15) is 0 Å². The van der Waals surface area contributed by atoms with Crippen LogP contribution in [-0.4, -0.2) is 0 Å². The Bertz CT molecular complexity index is 31.7. The Balaban J connectivity index is 0. The summed E-state index contributed by atoms with van der Waals surface area (Å²) in [5.74, 6) is 0. The van der Waals surface area contributed by atoms with Crippen molar-refractivity contribution in [2.24, 2.45) is 0 Å². The molecule has 60 valence electrons. The Morgan fingerprint density at radius 1 is 0.800 bits per heavy atom. The van der Waals surface area contributed by atoms with Crippen LogP contribution in [-0.2, 0) is 24.2 Å². The van der Waals surface area contributed by atoms with Crippen molar-refractivity contribution in [3.63, 3.8) is 0 Å². The molecule has 0 aromatic heterocycles. The van der Waals surface area contributed by atoms with Crippen LogP contribution in [0.5, 0.6) is 0 Å². The molecule has 0 radical (unpaired) electrons. The van der Waals surface area contributed by atoms with E-state index in [-0.39, 0.29) is 24.2 Å². The summed E-state index contributed by atoms with van der Waals surface area (Å²) in [6.07, 6.45) is 7.01. The first-order valence-corrected chi connectivity index (χ1v) is 12.9. The van der Waals surface area contributed by atoms with Gasteiger partial charge < -0.3 is 0 Å². The molecule has 0 saturated heterocycles. The second-order valence-electron chi connectivity index (χ2n) is 2.77. The quantitative estimate of drug-likeness (QED) is 0.513. The molecule has 0 fully saturated rings. The molecule has 0 aliphatic rings. The van der Waals surface area contributed by atoms with Crippen LogP contribution in [0.15, 0.2) is 0 Å². The maximum atomic E-state index is 2.34. The third kappa shape index (κ3) is 23.1. The predicted octanol–water partition coefficient (Wildman–Crippen LogP) is 4.14. The van der Waals surface area contributed by atoms with Crippen LogP contribution in [0, 0.1) is 0 Å². The van der Waals surface area contributed by atoms with Gasteiger partial charge >= 0.3 is 33.2 Å². The summed E-state index contributed by atoms with van der Waals surface area (Å²) in [6.45, 7) is 4.49. The second kappa shape index (κ2) is 16.5. The van der Waals surface area contributed by atoms with Crippen LogP contribution in [0.1, 0.15) is 46.0 Å². The fraction of sp³-hybridized carbons (Fsp3) is 1.00. The molecular weight excluding hydrogens is 221 g/mol. The first-order valence-electron chi connectivity index (χ1n) is 4.83. The van der Waals surface area contributed by atoms with Gasteiger partial charge in [0.1, 0.15) is 0 Å². The molecule has 0 nitrogen and oxygen atoms in total. The molecule has 0 unspecified atom stereocenters. The predicted molar refractivity (Wildman–Crippen MR) is 46.2 cm³/mol. The van der Waals surface area contributed by atoms with Crippen molar-refractivity contribution in [2.45, 2.75) is 54.9 Å². The van der Waals surface area contributed by atoms with E-state index in [4.69, 9.17) is 0 Å². The fourth-order valence-corrected chi connectivity index (χ4v) is 0.677. The standard InChI is InChI=1S/C7H16.2CH3.Cd/c1-3-5-7-6-4-2;;;/h3-7H2,1-2H3;2*1H3;. The summed E-state index contributed by atoms with van der Waals surface area (Å²) < 4.78 is 4.67. The summed E-state index contributed by atoms with van der Waals surface area (Å²) in [5.41, 5.74) is 0. The van der Waals surface area contributed by atoms with E-state index in [1.807, 2.05) is 0 Å². The third-order valence-corrected chi connectivity index (χ3v) is 1.21. The average molecular weight is 243 g/mol. The van der Waals surface area contributed by atoms with Crippen LogP contribution >= 0.6 is 0 Å². The Hall–Kier alpha value is 0.922. The summed E-state index contributed by atoms with van der Waals surface area (Å²) in [6, 6.07) is 0. The molecule has 0 aliphatic heterocycles. The topological polar surface area (TPSA) is 0 Å². The minimum atomic E-state index is -0.01000. The van der Waals surface area contributed by atoms with Crippen molar-refractivity contribution < 1.29 is 24.2 Å². The zero-order valence-corrected chi connectivity index (χ0v) is 12.3. The van der Waals surface area contributed by atoms with E-state index in [2.05, 4.69) is 22.8 Å². The third-order valence-electron chi connectivity index (χ3n) is 1.21. The van der Waals surface area contributed by atoms with Gasteiger partial charge in [0.2, 0.25) is 0 Å². The number of hydrogen-bond donors (Lipinski definition) is 0. The van der Waals surface area contributed by atoms with Crippen molar-refractivity contribution in [2.75, 3.05) is 0 Å². The van der Waals surface area contributed by atoms with E-state index in [1.54, 1.807) is 0 Å². The fourth-order valence-electron chi connectivity index (χ4n) is 0.677. The van der Waals surface area contributed by atoms with Gasteiger partial charge in [-0.15, -0.1) is 0 Å². The van der Waals surface area contributed by atoms with Gasteiger partial charge in [-0.1, -0.05) is 46.0 Å². The molecular formula is C9H22Cd. The van der Waals surface area contributed by atoms with Gasteiger partial charge in [-0.25, -0.2) is 0 Å². The normalized spacial score (nSPS) is 7.60. The SMILES string of the molecule is CCCCCCC.[CH3][Cd][CH3]. The molecule has 1 heteroatoms. The molecule has 0 N–H and O–H groups in total. The first kappa shape index (κ1) is 13.5. The van der Waals surface area contributed by atoms with Gasteiger partial charge in [0, 0.05) is 0 Å². The summed E-state index contributed by atoms with van der Waals surface area (Å²) in [5, 5.41) is 0. The Morgan fingerprint density at radius 3 is 1.30 bits per heavy atom. The summed E-state index contributed by atoms with van der Waals surface area (Å²) >= 11 is -0.01000. The van der Waals surface area contributed by atoms with Gasteiger partial charge in [0.25, 0.3) is 0 Å². The molecule has 0 amide bonds. The van der Waals surface area contributed by atoms with Crippen molar-refractivity contribution in [3.8, 4) is 0 Å². The van der Waals surface area contributed by atoms with Crippen molar-refractivity contribution in [3.05, 3.63) is 0 Å². The van der Waals surface area contributed by atoms with E-state index in [0.29, 0.717) is 0 Å². The van der Waals surface area contributed by atoms with Crippen LogP contribution in [0.4, 0.5) is 0 Å². The molecule has 0 spiro atoms. The van der Waals surface area contributed by atoms with Gasteiger partial charge in [-0.3, -0.25) is 0 Å². The zero-order valence-electron chi connectivity index (χ0n) is 8.24. The van der Waals surface area contributed by atoms with Crippen LogP contribution in [0.2, 0.25) is 8.97 Å². The van der Waals surface area contributed by atoms with Crippen LogP contribution in [0.25, 0.3) is 0 Å². The Morgan fingerprint density at radius 2 is 1.10 bits per heavy atom. The van der Waals surface area contributed by atoms with E-state index in [0.717, 1.165) is 0 Å². The Kier molecular flexibility index (Phi) is 22.3. The summed E-state index contributed by atoms with van der Waals surface area (Å²) in [4.78, 5) is 0. The molecule has 0 heterocycles. The molecule has 0 bridgehead atoms. The number of rotatable bonds is 4. The van der Waals surface area contributed by atoms with Crippen molar-refractivity contribution >= 4 is 0 Å². The van der Waals surface area contributed by atoms with E-state index < -0.39 is 0 Å². The van der Waals surface area contributed by atoms with E-state index in [1.165, 1.54) is 32.1 Å². The van der Waals surface area contributed by atoms with Gasteiger partial charge in [0.15, 0.2) is 0 Å². The van der Waals surface area contributed by atoms with Crippen LogP contribution < -0.4 is 0 Å². The first-order chi connectivity index (χ1) is 4.83. The monoisotopic (exact) mass is 244 g/mol. The molecule has 0 rings (SSSR count). The molecule has 10 heavy (non-hydrogen) atoms. The van der Waals surface area contributed by atoms with E-state index in [9.17, 15) is 0 Å². The molecule has 0 aromatic carbocycles. The van der Waals surface area contributed by atoms with Crippen molar-refractivity contribution in [1.29, 1.82) is 0 Å². The molecule has 0 aliphatic carbocycles. The van der Waals surface area contributed by atoms with Crippen LogP contribution in [0.3, 0.4) is 0 Å². The minimum absolute atomic E-state index is 0.01000.